The van der Waals surface area contributed by atoms with E-state index >= 15 is 0 Å². The Morgan fingerprint density at radius 2 is 0.409 bits per heavy atom. The van der Waals surface area contributed by atoms with Crippen molar-refractivity contribution in [3.63, 3.8) is 0 Å². The number of nitrogens with zero attached hydrogens (tertiary/aromatic N) is 12. The lowest BCUT2D eigenvalue weighted by molar-refractivity contribution is 0.661. The zero-order chi connectivity index (χ0) is 88.5. The maximum Gasteiger partial charge on any atom is 0.238 e. The molecule has 6 heterocycles. The van der Waals surface area contributed by atoms with Gasteiger partial charge in [0.25, 0.3) is 0 Å². The van der Waals surface area contributed by atoms with E-state index in [0.717, 1.165) is 66.9 Å². The quantitative estimate of drug-likeness (QED) is 0.124. The third-order valence-electron chi connectivity index (χ3n) is 27.2. The Kier molecular flexibility index (Phi) is 18.6. The van der Waals surface area contributed by atoms with E-state index in [-0.39, 0.29) is 16.2 Å². The molecular formula is C120H86N12. The van der Waals surface area contributed by atoms with Crippen molar-refractivity contribution in [2.24, 2.45) is 0 Å². The molecule has 0 aliphatic heterocycles. The topological polar surface area (TPSA) is 131 Å². The summed E-state index contributed by atoms with van der Waals surface area (Å²) in [7, 11) is 0. The zero-order valence-corrected chi connectivity index (χ0v) is 73.6. The normalized spacial score (nSPS) is 13.3. The SMILES string of the molecule is CC1(C)c2ccccc2-c2cc3c(cc21)c1ccccc1n3-c1ccc(-c2nc(-c3ccccc3)nc(-c3ccccc3)n2)cc1.CC1(C)c2ccccc2-c2cc3c(cc21)c1ccccc1n3-c1cccc(-c2nc(-c3ccccc3)nc(-c3ccccc3)n2)c1.CC1(C)c2ccccc2-c2cc3c(cc21)c1ccccc1n3-c1nc(-c2ccccc2)nc(-c2ccccc2)n1. The average molecular weight is 1700 g/mol. The summed E-state index contributed by atoms with van der Waals surface area (Å²) in [5.41, 5.74) is 32.7. The van der Waals surface area contributed by atoms with Crippen molar-refractivity contribution in [3.8, 4) is 142 Å². The second kappa shape index (κ2) is 31.3. The van der Waals surface area contributed by atoms with E-state index in [2.05, 4.69) is 286 Å². The van der Waals surface area contributed by atoms with Crippen molar-refractivity contribution in [1.82, 2.24) is 58.6 Å². The summed E-state index contributed by atoms with van der Waals surface area (Å²) in [6.45, 7) is 14.0. The fourth-order valence-electron chi connectivity index (χ4n) is 20.6. The summed E-state index contributed by atoms with van der Waals surface area (Å²) in [5, 5.41) is 7.44. The molecule has 0 bridgehead atoms. The Labute approximate surface area is 764 Å². The molecule has 3 aliphatic carbocycles. The molecule has 0 fully saturated rings. The minimum Gasteiger partial charge on any atom is -0.309 e. The van der Waals surface area contributed by atoms with Crippen molar-refractivity contribution < 1.29 is 0 Å². The fourth-order valence-corrected chi connectivity index (χ4v) is 20.6. The molecule has 26 rings (SSSR count). The highest BCUT2D eigenvalue weighted by atomic mass is 15.2. The van der Waals surface area contributed by atoms with Crippen LogP contribution in [-0.2, 0) is 16.2 Å². The Morgan fingerprint density at radius 1 is 0.159 bits per heavy atom. The van der Waals surface area contributed by atoms with Gasteiger partial charge in [-0.1, -0.05) is 363 Å². The molecule has 17 aromatic carbocycles. The first-order chi connectivity index (χ1) is 64.7. The number of fused-ring (bicyclic) bond motifs is 18. The lowest BCUT2D eigenvalue weighted by Gasteiger charge is -2.21. The van der Waals surface area contributed by atoms with E-state index < -0.39 is 0 Å². The van der Waals surface area contributed by atoms with Crippen LogP contribution in [0, 0.1) is 0 Å². The van der Waals surface area contributed by atoms with Crippen molar-refractivity contribution in [1.29, 1.82) is 0 Å². The first kappa shape index (κ1) is 78.6. The van der Waals surface area contributed by atoms with Crippen LogP contribution in [0.1, 0.15) is 74.9 Å². The highest BCUT2D eigenvalue weighted by Gasteiger charge is 2.40. The standard InChI is InChI=1S/2C42H30N4.C36H26N4/c1-42(2)35-22-11-9-20-31(35)33-26-38-34(25-36(33)42)32-21-10-12-23-37(32)46(38)30-19-13-18-29(24-30)41-44-39(27-14-5-3-6-15-27)43-40(45-41)28-16-7-4-8-17-28;1-42(2)35-19-11-9-17-31(35)33-26-38-34(25-36(33)42)32-18-10-12-20-37(32)46(38)30-23-21-29(22-24-30)41-44-39(27-13-5-3-6-14-27)43-40(45-41)28-15-7-4-8-16-28;1-36(2)29-19-11-9-17-25(29)27-22-32-28(21-30(27)36)26-18-10-12-20-31(26)40(32)35-38-33(23-13-5-3-6-14-23)37-34(39-35)24-15-7-4-8-16-24/h2*3-26H,1-2H3;3-22H,1-2H3. The summed E-state index contributed by atoms with van der Waals surface area (Å²) in [4.78, 5) is 44.7. The molecule has 3 aliphatic rings. The molecular weight excluding hydrogens is 1610 g/mol. The molecule has 0 unspecified atom stereocenters. The van der Waals surface area contributed by atoms with E-state index in [9.17, 15) is 0 Å². The number of aromatic nitrogens is 12. The third kappa shape index (κ3) is 13.1. The first-order valence-corrected chi connectivity index (χ1v) is 45.1. The van der Waals surface area contributed by atoms with Crippen LogP contribution < -0.4 is 0 Å². The summed E-state index contributed by atoms with van der Waals surface area (Å²) in [6.07, 6.45) is 0. The van der Waals surface area contributed by atoms with E-state index in [0.29, 0.717) is 52.5 Å². The highest BCUT2D eigenvalue weighted by molar-refractivity contribution is 6.14. The van der Waals surface area contributed by atoms with Gasteiger partial charge in [0, 0.05) is 104 Å². The van der Waals surface area contributed by atoms with Gasteiger partial charge in [0.05, 0.1) is 33.1 Å². The second-order valence-electron chi connectivity index (χ2n) is 36.0. The smallest absolute Gasteiger partial charge is 0.238 e. The van der Waals surface area contributed by atoms with Crippen LogP contribution in [0.15, 0.2) is 413 Å². The van der Waals surface area contributed by atoms with Crippen molar-refractivity contribution >= 4 is 65.4 Å². The van der Waals surface area contributed by atoms with Crippen LogP contribution in [0.5, 0.6) is 0 Å². The number of rotatable bonds is 11. The van der Waals surface area contributed by atoms with E-state index in [4.69, 9.17) is 44.9 Å². The Balaban J connectivity index is 0.000000110. The van der Waals surface area contributed by atoms with Crippen molar-refractivity contribution in [2.75, 3.05) is 0 Å². The molecule has 0 radical (unpaired) electrons. The minimum atomic E-state index is -0.0720. The van der Waals surface area contributed by atoms with Gasteiger partial charge in [-0.2, -0.15) is 9.97 Å². The minimum absolute atomic E-state index is 0.0489. The summed E-state index contributed by atoms with van der Waals surface area (Å²) in [5.74, 6) is 5.86. The van der Waals surface area contributed by atoms with E-state index in [1.54, 1.807) is 0 Å². The molecule has 12 nitrogen and oxygen atoms in total. The molecule has 0 amide bonds. The summed E-state index contributed by atoms with van der Waals surface area (Å²) < 4.78 is 6.99. The van der Waals surface area contributed by atoms with Gasteiger partial charge in [0.15, 0.2) is 46.6 Å². The molecule has 0 saturated heterocycles. The predicted molar refractivity (Wildman–Crippen MR) is 539 cm³/mol. The average Bonchev–Trinajstić information content (AvgIpc) is 1.56. The highest BCUT2D eigenvalue weighted by Crippen LogP contribution is 2.55. The van der Waals surface area contributed by atoms with Gasteiger partial charge < -0.3 is 9.13 Å². The fraction of sp³-hybridized carbons (Fsp3) is 0.0750. The van der Waals surface area contributed by atoms with Gasteiger partial charge >= 0.3 is 0 Å². The van der Waals surface area contributed by atoms with Crippen LogP contribution in [0.2, 0.25) is 0 Å². The van der Waals surface area contributed by atoms with E-state index in [1.165, 1.54) is 121 Å². The van der Waals surface area contributed by atoms with Crippen LogP contribution in [0.25, 0.3) is 207 Å². The number of benzene rings is 17. The third-order valence-corrected chi connectivity index (χ3v) is 27.2. The molecule has 0 N–H and O–H groups in total. The van der Waals surface area contributed by atoms with Gasteiger partial charge in [-0.05, 0) is 158 Å². The number of hydrogen-bond acceptors (Lipinski definition) is 9. The Bertz CT molecular complexity index is 8340. The van der Waals surface area contributed by atoms with Crippen LogP contribution in [0.3, 0.4) is 0 Å². The van der Waals surface area contributed by atoms with Crippen LogP contribution in [0.4, 0.5) is 0 Å². The van der Waals surface area contributed by atoms with E-state index in [1.807, 2.05) is 182 Å². The lowest BCUT2D eigenvalue weighted by Crippen LogP contribution is -2.14. The molecule has 0 spiro atoms. The van der Waals surface area contributed by atoms with Crippen molar-refractivity contribution in [3.05, 3.63) is 446 Å². The molecule has 626 valence electrons. The molecule has 0 atom stereocenters. The van der Waals surface area contributed by atoms with Crippen LogP contribution >= 0.6 is 0 Å². The zero-order valence-electron chi connectivity index (χ0n) is 73.6. The molecule has 23 aromatic rings. The Morgan fingerprint density at radius 3 is 0.742 bits per heavy atom. The first-order valence-electron chi connectivity index (χ1n) is 45.1. The predicted octanol–water partition coefficient (Wildman–Crippen LogP) is 29.2. The van der Waals surface area contributed by atoms with Gasteiger partial charge in [0.1, 0.15) is 0 Å². The molecule has 12 heteroatoms. The monoisotopic (exact) mass is 1690 g/mol. The Hall–Kier alpha value is -16.8. The van der Waals surface area contributed by atoms with Crippen molar-refractivity contribution in [2.45, 2.75) is 57.8 Å². The number of para-hydroxylation sites is 3. The lowest BCUT2D eigenvalue weighted by atomic mass is 9.82. The summed E-state index contributed by atoms with van der Waals surface area (Å²) in [6, 6.07) is 145. The van der Waals surface area contributed by atoms with Gasteiger partial charge in [0.2, 0.25) is 5.95 Å². The maximum absolute atomic E-state index is 5.08. The van der Waals surface area contributed by atoms with Crippen LogP contribution in [-0.4, -0.2) is 58.6 Å². The van der Waals surface area contributed by atoms with Gasteiger partial charge in [-0.3, -0.25) is 4.57 Å². The number of hydrogen-bond donors (Lipinski definition) is 0. The molecule has 0 saturated carbocycles. The molecule has 6 aromatic heterocycles. The second-order valence-corrected chi connectivity index (χ2v) is 36.0. The van der Waals surface area contributed by atoms with Gasteiger partial charge in [-0.15, -0.1) is 0 Å². The largest absolute Gasteiger partial charge is 0.309 e. The molecule has 132 heavy (non-hydrogen) atoms. The summed E-state index contributed by atoms with van der Waals surface area (Å²) >= 11 is 0. The maximum atomic E-state index is 5.08. The van der Waals surface area contributed by atoms with Gasteiger partial charge in [-0.25, -0.2) is 34.9 Å².